The fraction of sp³-hybridized carbons (Fsp3) is 0.444. The van der Waals surface area contributed by atoms with Gasteiger partial charge >= 0.3 is 0 Å². The summed E-state index contributed by atoms with van der Waals surface area (Å²) in [5.74, 6) is -0.0649. The number of rotatable bonds is 5. The van der Waals surface area contributed by atoms with Gasteiger partial charge in [-0.25, -0.2) is 0 Å². The Balaban J connectivity index is 1.57. The highest BCUT2D eigenvalue weighted by atomic mass is 16.5. The number of likely N-dealkylation sites (N-methyl/N-ethyl adjacent to an activating group) is 1. The van der Waals surface area contributed by atoms with Gasteiger partial charge in [0.05, 0.1) is 25.4 Å². The smallest absolute Gasteiger partial charge is 0.250 e. The molecule has 1 saturated heterocycles. The number of ether oxygens (including phenoxy) is 1. The van der Waals surface area contributed by atoms with E-state index in [4.69, 9.17) is 4.74 Å². The maximum atomic E-state index is 12.3. The molecule has 1 aromatic carbocycles. The molecule has 0 bridgehead atoms. The van der Waals surface area contributed by atoms with E-state index in [1.165, 1.54) is 5.56 Å². The topological polar surface area (TPSA) is 59.4 Å². The van der Waals surface area contributed by atoms with Crippen LogP contribution in [0.2, 0.25) is 0 Å². The van der Waals surface area contributed by atoms with Crippen molar-refractivity contribution in [3.05, 3.63) is 53.9 Å². The number of nitrogens with zero attached hydrogens (tertiary/aromatic N) is 3. The van der Waals surface area contributed by atoms with Crippen LogP contribution in [0.15, 0.2) is 42.7 Å². The first-order valence-electron chi connectivity index (χ1n) is 8.28. The minimum absolute atomic E-state index is 0.0649. The van der Waals surface area contributed by atoms with E-state index in [9.17, 15) is 4.79 Å². The van der Waals surface area contributed by atoms with Crippen molar-refractivity contribution in [2.45, 2.75) is 25.6 Å². The lowest BCUT2D eigenvalue weighted by molar-refractivity contribution is -0.138. The van der Waals surface area contributed by atoms with Crippen LogP contribution in [0.3, 0.4) is 0 Å². The number of carbonyl (C=O) groups is 1. The third kappa shape index (κ3) is 4.21. The summed E-state index contributed by atoms with van der Waals surface area (Å²) in [4.78, 5) is 14.4. The Morgan fingerprint density at radius 1 is 1.42 bits per heavy atom. The molecule has 1 aromatic heterocycles. The van der Waals surface area contributed by atoms with E-state index in [2.05, 4.69) is 27.4 Å². The molecule has 3 rings (SSSR count). The molecule has 0 saturated carbocycles. The summed E-state index contributed by atoms with van der Waals surface area (Å²) >= 11 is 0. The number of hydrogen-bond acceptors (Lipinski definition) is 4. The molecule has 1 N–H and O–H groups in total. The normalized spacial score (nSPS) is 19.8. The number of carbonyl (C=O) groups excluding carboxylic acids is 1. The van der Waals surface area contributed by atoms with Crippen LogP contribution in [0.5, 0.6) is 0 Å². The third-order valence-electron chi connectivity index (χ3n) is 4.26. The summed E-state index contributed by atoms with van der Waals surface area (Å²) in [5.41, 5.74) is 2.19. The Morgan fingerprint density at radius 3 is 2.96 bits per heavy atom. The SMILES string of the molecule is C[C@@H](NC(=O)[C@H]1CN(C)CCO1)c1cnn(Cc2ccccc2)c1. The molecule has 24 heavy (non-hydrogen) atoms. The van der Waals surface area contributed by atoms with Crippen molar-refractivity contribution < 1.29 is 9.53 Å². The summed E-state index contributed by atoms with van der Waals surface area (Å²) in [6.07, 6.45) is 3.39. The first kappa shape index (κ1) is 16.7. The molecule has 0 spiro atoms. The molecule has 128 valence electrons. The first-order valence-corrected chi connectivity index (χ1v) is 8.28. The average molecular weight is 328 g/mol. The van der Waals surface area contributed by atoms with E-state index in [-0.39, 0.29) is 11.9 Å². The van der Waals surface area contributed by atoms with Gasteiger partial charge in [0.25, 0.3) is 5.91 Å². The standard InChI is InChI=1S/C18H24N4O2/c1-14(20-18(23)17-13-21(2)8-9-24-17)16-10-19-22(12-16)11-15-6-4-3-5-7-15/h3-7,10,12,14,17H,8-9,11,13H2,1-2H3,(H,20,23)/t14-,17-/m1/s1. The van der Waals surface area contributed by atoms with Gasteiger partial charge in [0.2, 0.25) is 0 Å². The van der Waals surface area contributed by atoms with E-state index < -0.39 is 6.10 Å². The van der Waals surface area contributed by atoms with E-state index in [0.29, 0.717) is 13.2 Å². The second-order valence-electron chi connectivity index (χ2n) is 6.31. The lowest BCUT2D eigenvalue weighted by Crippen LogP contribution is -2.48. The van der Waals surface area contributed by atoms with Crippen LogP contribution < -0.4 is 5.32 Å². The Bertz CT molecular complexity index is 671. The number of aromatic nitrogens is 2. The molecule has 1 aliphatic rings. The Morgan fingerprint density at radius 2 is 2.21 bits per heavy atom. The van der Waals surface area contributed by atoms with Crippen molar-refractivity contribution in [3.63, 3.8) is 0 Å². The minimum Gasteiger partial charge on any atom is -0.366 e. The molecular weight excluding hydrogens is 304 g/mol. The van der Waals surface area contributed by atoms with Crippen molar-refractivity contribution in [2.75, 3.05) is 26.7 Å². The Hall–Kier alpha value is -2.18. The molecule has 1 amide bonds. The molecule has 0 aliphatic carbocycles. The lowest BCUT2D eigenvalue weighted by atomic mass is 10.1. The molecule has 0 unspecified atom stereocenters. The molecule has 1 fully saturated rings. The fourth-order valence-electron chi connectivity index (χ4n) is 2.79. The maximum Gasteiger partial charge on any atom is 0.250 e. The van der Waals surface area contributed by atoms with Crippen molar-refractivity contribution in [1.29, 1.82) is 0 Å². The van der Waals surface area contributed by atoms with Crippen LogP contribution in [0.25, 0.3) is 0 Å². The number of amides is 1. The number of morpholine rings is 1. The largest absolute Gasteiger partial charge is 0.366 e. The average Bonchev–Trinajstić information content (AvgIpc) is 3.04. The predicted molar refractivity (Wildman–Crippen MR) is 91.6 cm³/mol. The number of nitrogens with one attached hydrogen (secondary N) is 1. The van der Waals surface area contributed by atoms with Crippen LogP contribution in [0, 0.1) is 0 Å². The second kappa shape index (κ2) is 7.59. The van der Waals surface area contributed by atoms with Crippen molar-refractivity contribution >= 4 is 5.91 Å². The van der Waals surface area contributed by atoms with Crippen LogP contribution in [-0.4, -0.2) is 53.4 Å². The van der Waals surface area contributed by atoms with E-state index in [1.807, 2.05) is 49.2 Å². The summed E-state index contributed by atoms with van der Waals surface area (Å²) in [6.45, 7) is 4.78. The highest BCUT2D eigenvalue weighted by Gasteiger charge is 2.26. The van der Waals surface area contributed by atoms with Crippen LogP contribution >= 0.6 is 0 Å². The van der Waals surface area contributed by atoms with Gasteiger partial charge in [-0.15, -0.1) is 0 Å². The first-order chi connectivity index (χ1) is 11.6. The zero-order valence-corrected chi connectivity index (χ0v) is 14.2. The zero-order chi connectivity index (χ0) is 16.9. The van der Waals surface area contributed by atoms with Gasteiger partial charge in [0.1, 0.15) is 6.10 Å². The van der Waals surface area contributed by atoms with Crippen LogP contribution in [-0.2, 0) is 16.1 Å². The van der Waals surface area contributed by atoms with E-state index >= 15 is 0 Å². The van der Waals surface area contributed by atoms with Gasteiger partial charge in [0, 0.05) is 24.8 Å². The van der Waals surface area contributed by atoms with Gasteiger partial charge in [-0.2, -0.15) is 5.10 Å². The van der Waals surface area contributed by atoms with E-state index in [0.717, 1.165) is 18.7 Å². The van der Waals surface area contributed by atoms with Gasteiger partial charge < -0.3 is 15.0 Å². The Kier molecular flexibility index (Phi) is 5.27. The molecule has 6 heteroatoms. The van der Waals surface area contributed by atoms with Gasteiger partial charge in [0.15, 0.2) is 0 Å². The molecule has 2 aromatic rings. The highest BCUT2D eigenvalue weighted by Crippen LogP contribution is 2.13. The van der Waals surface area contributed by atoms with E-state index in [1.54, 1.807) is 0 Å². The molecule has 2 heterocycles. The minimum atomic E-state index is -0.398. The second-order valence-corrected chi connectivity index (χ2v) is 6.31. The summed E-state index contributed by atoms with van der Waals surface area (Å²) in [6, 6.07) is 10.1. The lowest BCUT2D eigenvalue weighted by Gasteiger charge is -2.29. The summed E-state index contributed by atoms with van der Waals surface area (Å²) in [7, 11) is 2.00. The van der Waals surface area contributed by atoms with Crippen LogP contribution in [0.4, 0.5) is 0 Å². The number of hydrogen-bond donors (Lipinski definition) is 1. The number of benzene rings is 1. The van der Waals surface area contributed by atoms with Crippen molar-refractivity contribution in [1.82, 2.24) is 20.0 Å². The third-order valence-corrected chi connectivity index (χ3v) is 4.26. The van der Waals surface area contributed by atoms with Crippen molar-refractivity contribution in [2.24, 2.45) is 0 Å². The molecule has 1 aliphatic heterocycles. The molecular formula is C18H24N4O2. The zero-order valence-electron chi connectivity index (χ0n) is 14.2. The van der Waals surface area contributed by atoms with Gasteiger partial charge in [-0.1, -0.05) is 30.3 Å². The highest BCUT2D eigenvalue weighted by molar-refractivity contribution is 5.81. The monoisotopic (exact) mass is 328 g/mol. The molecule has 6 nitrogen and oxygen atoms in total. The van der Waals surface area contributed by atoms with Gasteiger partial charge in [-0.05, 0) is 19.5 Å². The van der Waals surface area contributed by atoms with Crippen molar-refractivity contribution in [3.8, 4) is 0 Å². The maximum absolute atomic E-state index is 12.3. The quantitative estimate of drug-likeness (QED) is 0.902. The van der Waals surface area contributed by atoms with Gasteiger partial charge in [-0.3, -0.25) is 9.48 Å². The van der Waals surface area contributed by atoms with Crippen LogP contribution in [0.1, 0.15) is 24.1 Å². The summed E-state index contributed by atoms with van der Waals surface area (Å²) in [5, 5.41) is 7.41. The molecule has 2 atom stereocenters. The Labute approximate surface area is 142 Å². The molecule has 0 radical (unpaired) electrons. The summed E-state index contributed by atoms with van der Waals surface area (Å²) < 4.78 is 7.44. The fourth-order valence-corrected chi connectivity index (χ4v) is 2.79. The predicted octanol–water partition coefficient (Wildman–Crippen LogP) is 1.44.